The number of nitrogens with zero attached hydrogens (tertiary/aromatic N) is 3. The van der Waals surface area contributed by atoms with Gasteiger partial charge in [0.05, 0.1) is 12.1 Å². The van der Waals surface area contributed by atoms with Gasteiger partial charge in [-0.15, -0.1) is 0 Å². The van der Waals surface area contributed by atoms with Crippen molar-refractivity contribution in [3.05, 3.63) is 65.0 Å². The molecule has 4 rings (SSSR count). The molecule has 1 amide bonds. The van der Waals surface area contributed by atoms with Crippen LogP contribution in [0.1, 0.15) is 49.7 Å². The molecular formula is C24H22F3N3OS. The van der Waals surface area contributed by atoms with E-state index in [0.29, 0.717) is 12.8 Å². The second kappa shape index (κ2) is 8.21. The minimum Gasteiger partial charge on any atom is -0.303 e. The molecule has 2 fully saturated rings. The Morgan fingerprint density at radius 3 is 2.16 bits per heavy atom. The van der Waals surface area contributed by atoms with Crippen LogP contribution in [0.3, 0.4) is 0 Å². The second-order valence-corrected chi connectivity index (χ2v) is 8.72. The smallest absolute Gasteiger partial charge is 0.303 e. The number of aryl methyl sites for hydroxylation is 1. The third-order valence-corrected chi connectivity index (χ3v) is 6.66. The van der Waals surface area contributed by atoms with Crippen molar-refractivity contribution in [2.24, 2.45) is 0 Å². The summed E-state index contributed by atoms with van der Waals surface area (Å²) in [7, 11) is 0. The standard InChI is InChI=1S/C24H22F3N3OS/c1-16-7-9-17(10-8-16)30-22(32)29(21(31)23(30)13-5-3-4-6-14-23)18-11-12-20(28-2)19(15-18)24(25,26)27/h7-12,15H,3-6,13-14H2,1H3. The van der Waals surface area contributed by atoms with Crippen LogP contribution >= 0.6 is 12.2 Å². The average Bonchev–Trinajstić information content (AvgIpc) is 2.91. The van der Waals surface area contributed by atoms with Crippen molar-refractivity contribution in [2.75, 3.05) is 9.80 Å². The fraction of sp³-hybridized carbons (Fsp3) is 0.375. The van der Waals surface area contributed by atoms with Gasteiger partial charge in [0.15, 0.2) is 10.8 Å². The van der Waals surface area contributed by atoms with Gasteiger partial charge in [-0.25, -0.2) is 4.85 Å². The van der Waals surface area contributed by atoms with Gasteiger partial charge in [0.25, 0.3) is 5.91 Å². The highest BCUT2D eigenvalue weighted by Gasteiger charge is 2.56. The van der Waals surface area contributed by atoms with Gasteiger partial charge in [-0.1, -0.05) is 49.4 Å². The lowest BCUT2D eigenvalue weighted by Crippen LogP contribution is -2.49. The van der Waals surface area contributed by atoms with E-state index in [0.717, 1.165) is 49.1 Å². The molecule has 2 aliphatic rings. The van der Waals surface area contributed by atoms with Crippen LogP contribution in [0, 0.1) is 13.5 Å². The molecule has 1 spiro atoms. The number of anilines is 2. The molecule has 2 aromatic carbocycles. The van der Waals surface area contributed by atoms with Crippen LogP contribution in [0.15, 0.2) is 42.5 Å². The van der Waals surface area contributed by atoms with E-state index < -0.39 is 23.0 Å². The van der Waals surface area contributed by atoms with E-state index in [2.05, 4.69) is 4.85 Å². The summed E-state index contributed by atoms with van der Waals surface area (Å²) in [5.41, 5.74) is -0.631. The number of halogens is 3. The number of amides is 1. The number of thiocarbonyl (C=S) groups is 1. The molecule has 1 saturated carbocycles. The molecule has 166 valence electrons. The molecular weight excluding hydrogens is 435 g/mol. The molecule has 0 unspecified atom stereocenters. The normalized spacial score (nSPS) is 18.7. The Morgan fingerprint density at radius 2 is 1.59 bits per heavy atom. The highest BCUT2D eigenvalue weighted by Crippen LogP contribution is 2.46. The van der Waals surface area contributed by atoms with Crippen molar-refractivity contribution in [2.45, 2.75) is 57.2 Å². The van der Waals surface area contributed by atoms with E-state index in [1.165, 1.54) is 11.0 Å². The van der Waals surface area contributed by atoms with Crippen molar-refractivity contribution >= 4 is 40.3 Å². The molecule has 1 saturated heterocycles. The SMILES string of the molecule is [C-]#[N+]c1ccc(N2C(=O)C3(CCCCCC3)N(c3ccc(C)cc3)C2=S)cc1C(F)(F)F. The Morgan fingerprint density at radius 1 is 1.00 bits per heavy atom. The fourth-order valence-corrected chi connectivity index (χ4v) is 5.16. The van der Waals surface area contributed by atoms with Crippen LogP contribution in [-0.2, 0) is 11.0 Å². The monoisotopic (exact) mass is 457 g/mol. The molecule has 32 heavy (non-hydrogen) atoms. The average molecular weight is 458 g/mol. The summed E-state index contributed by atoms with van der Waals surface area (Å²) in [4.78, 5) is 19.9. The molecule has 0 radical (unpaired) electrons. The highest BCUT2D eigenvalue weighted by molar-refractivity contribution is 7.81. The van der Waals surface area contributed by atoms with E-state index in [1.807, 2.05) is 36.1 Å². The largest absolute Gasteiger partial charge is 0.407 e. The van der Waals surface area contributed by atoms with Gasteiger partial charge in [-0.2, -0.15) is 13.2 Å². The summed E-state index contributed by atoms with van der Waals surface area (Å²) in [6.45, 7) is 9.04. The first-order valence-corrected chi connectivity index (χ1v) is 10.9. The molecule has 0 bridgehead atoms. The zero-order valence-electron chi connectivity index (χ0n) is 17.6. The third kappa shape index (κ3) is 3.65. The Bertz CT molecular complexity index is 1100. The van der Waals surface area contributed by atoms with E-state index in [9.17, 15) is 18.0 Å². The van der Waals surface area contributed by atoms with Crippen LogP contribution in [0.2, 0.25) is 0 Å². The fourth-order valence-electron chi connectivity index (χ4n) is 4.69. The van der Waals surface area contributed by atoms with E-state index in [4.69, 9.17) is 18.8 Å². The molecule has 0 atom stereocenters. The summed E-state index contributed by atoms with van der Waals surface area (Å²) in [6, 6.07) is 11.0. The van der Waals surface area contributed by atoms with Crippen molar-refractivity contribution in [1.82, 2.24) is 0 Å². The lowest BCUT2D eigenvalue weighted by Gasteiger charge is -2.35. The van der Waals surface area contributed by atoms with Gasteiger partial charge in [-0.3, -0.25) is 9.69 Å². The number of hydrogen-bond donors (Lipinski definition) is 0. The predicted octanol–water partition coefficient (Wildman–Crippen LogP) is 6.80. The lowest BCUT2D eigenvalue weighted by molar-refractivity contribution is -0.136. The zero-order chi connectivity index (χ0) is 23.1. The van der Waals surface area contributed by atoms with E-state index >= 15 is 0 Å². The Hall–Kier alpha value is -2.92. The van der Waals surface area contributed by atoms with Crippen LogP contribution < -0.4 is 9.80 Å². The molecule has 2 aromatic rings. The topological polar surface area (TPSA) is 27.9 Å². The minimum atomic E-state index is -4.71. The van der Waals surface area contributed by atoms with Crippen molar-refractivity contribution < 1.29 is 18.0 Å². The first kappa shape index (κ1) is 22.3. The summed E-state index contributed by atoms with van der Waals surface area (Å²) >= 11 is 5.72. The molecule has 8 heteroatoms. The number of carbonyl (C=O) groups excluding carboxylic acids is 1. The van der Waals surface area contributed by atoms with Crippen molar-refractivity contribution in [3.8, 4) is 0 Å². The molecule has 0 N–H and O–H groups in total. The maximum absolute atomic E-state index is 13.9. The quantitative estimate of drug-likeness (QED) is 0.367. The minimum absolute atomic E-state index is 0.0398. The van der Waals surface area contributed by atoms with Gasteiger partial charge in [0.1, 0.15) is 5.54 Å². The summed E-state index contributed by atoms with van der Waals surface area (Å²) in [5.74, 6) is -0.298. The maximum Gasteiger partial charge on any atom is 0.407 e. The van der Waals surface area contributed by atoms with Gasteiger partial charge < -0.3 is 4.90 Å². The molecule has 1 aliphatic carbocycles. The van der Waals surface area contributed by atoms with E-state index in [-0.39, 0.29) is 16.7 Å². The zero-order valence-corrected chi connectivity index (χ0v) is 18.4. The summed E-state index contributed by atoms with van der Waals surface area (Å²) in [6.07, 6.45) is 0.148. The highest BCUT2D eigenvalue weighted by atomic mass is 32.1. The van der Waals surface area contributed by atoms with Crippen LogP contribution in [0.25, 0.3) is 4.85 Å². The van der Waals surface area contributed by atoms with Gasteiger partial charge in [0.2, 0.25) is 0 Å². The molecule has 1 aliphatic heterocycles. The Labute approximate surface area is 190 Å². The first-order valence-electron chi connectivity index (χ1n) is 10.5. The third-order valence-electron chi connectivity index (χ3n) is 6.30. The predicted molar refractivity (Wildman–Crippen MR) is 122 cm³/mol. The van der Waals surface area contributed by atoms with E-state index in [1.54, 1.807) is 0 Å². The number of alkyl halides is 3. The number of benzene rings is 2. The van der Waals surface area contributed by atoms with Gasteiger partial charge in [0, 0.05) is 11.4 Å². The lowest BCUT2D eigenvalue weighted by atomic mass is 9.88. The summed E-state index contributed by atoms with van der Waals surface area (Å²) in [5, 5.41) is 0.171. The van der Waals surface area contributed by atoms with Gasteiger partial charge >= 0.3 is 6.18 Å². The number of carbonyl (C=O) groups is 1. The van der Waals surface area contributed by atoms with Crippen LogP contribution in [-0.4, -0.2) is 16.6 Å². The molecule has 4 nitrogen and oxygen atoms in total. The Balaban J connectivity index is 1.86. The molecule has 0 aromatic heterocycles. The number of rotatable bonds is 2. The molecule has 1 heterocycles. The maximum atomic E-state index is 13.9. The van der Waals surface area contributed by atoms with Crippen molar-refractivity contribution in [3.63, 3.8) is 0 Å². The number of hydrogen-bond acceptors (Lipinski definition) is 2. The van der Waals surface area contributed by atoms with Gasteiger partial charge in [-0.05, 0) is 56.2 Å². The second-order valence-electron chi connectivity index (χ2n) is 8.35. The summed E-state index contributed by atoms with van der Waals surface area (Å²) < 4.78 is 40.8. The van der Waals surface area contributed by atoms with Crippen molar-refractivity contribution in [1.29, 1.82) is 0 Å². The first-order chi connectivity index (χ1) is 15.2. The van der Waals surface area contributed by atoms with Crippen LogP contribution in [0.4, 0.5) is 30.2 Å². The van der Waals surface area contributed by atoms with Crippen LogP contribution in [0.5, 0.6) is 0 Å². The Kier molecular flexibility index (Phi) is 5.72.